The number of anilines is 1. The van der Waals surface area contributed by atoms with Crippen molar-refractivity contribution in [2.45, 2.75) is 92.1 Å². The van der Waals surface area contributed by atoms with Crippen molar-refractivity contribution in [3.05, 3.63) is 81.5 Å². The van der Waals surface area contributed by atoms with Crippen LogP contribution in [0.15, 0.2) is 59.3 Å². The highest BCUT2D eigenvalue weighted by molar-refractivity contribution is 7.08. The normalized spacial score (nSPS) is 16.1. The van der Waals surface area contributed by atoms with Gasteiger partial charge in [0.1, 0.15) is 11.9 Å². The largest absolute Gasteiger partial charge is 0.490 e. The molecule has 1 saturated carbocycles. The number of ether oxygens (including phenoxy) is 1. The minimum absolute atomic E-state index is 0.0408. The summed E-state index contributed by atoms with van der Waals surface area (Å²) in [6.45, 7) is 14.0. The summed E-state index contributed by atoms with van der Waals surface area (Å²) in [5, 5.41) is 13.0. The predicted octanol–water partition coefficient (Wildman–Crippen LogP) is 9.45. The van der Waals surface area contributed by atoms with Gasteiger partial charge in [-0.05, 0) is 116 Å². The van der Waals surface area contributed by atoms with Gasteiger partial charge in [-0.3, -0.25) is 10.2 Å². The molecule has 1 saturated heterocycles. The molecule has 5 nitrogen and oxygen atoms in total. The lowest BCUT2D eigenvalue weighted by atomic mass is 9.88. The first-order chi connectivity index (χ1) is 20.3. The Morgan fingerprint density at radius 3 is 2.10 bits per heavy atom. The minimum Gasteiger partial charge on any atom is -0.490 e. The van der Waals surface area contributed by atoms with E-state index >= 15 is 0 Å². The van der Waals surface area contributed by atoms with Gasteiger partial charge in [-0.1, -0.05) is 47.5 Å². The Kier molecular flexibility index (Phi) is 15.6. The van der Waals surface area contributed by atoms with Gasteiger partial charge in [-0.15, -0.1) is 0 Å². The van der Waals surface area contributed by atoms with Crippen LogP contribution in [-0.2, 0) is 0 Å². The Bertz CT molecular complexity index is 1190. The van der Waals surface area contributed by atoms with Crippen LogP contribution in [0, 0.1) is 11.3 Å². The van der Waals surface area contributed by atoms with Crippen LogP contribution in [0.4, 0.5) is 5.69 Å². The van der Waals surface area contributed by atoms with Crippen molar-refractivity contribution < 1.29 is 9.53 Å². The number of Topliss-reactive ketones (excluding diaryl/α,β-unsaturated/α-hetero) is 1. The van der Waals surface area contributed by atoms with Gasteiger partial charge in [0.15, 0.2) is 5.78 Å². The molecule has 230 valence electrons. The van der Waals surface area contributed by atoms with Crippen LogP contribution in [-0.4, -0.2) is 42.6 Å². The van der Waals surface area contributed by atoms with Crippen LogP contribution < -0.4 is 10.5 Å². The molecule has 0 bridgehead atoms. The molecular formula is C36H53N3O2S. The van der Waals surface area contributed by atoms with E-state index in [0.29, 0.717) is 22.5 Å². The summed E-state index contributed by atoms with van der Waals surface area (Å²) in [7, 11) is 2.13. The second-order valence-electron chi connectivity index (χ2n) is 10.8. The van der Waals surface area contributed by atoms with Crippen LogP contribution >= 0.6 is 11.3 Å². The molecule has 42 heavy (non-hydrogen) atoms. The number of nitrogens with one attached hydrogen (secondary N) is 1. The van der Waals surface area contributed by atoms with Crippen LogP contribution in [0.5, 0.6) is 5.75 Å². The number of carbonyl (C=O) groups is 1. The third-order valence-electron chi connectivity index (χ3n) is 8.02. The van der Waals surface area contributed by atoms with Crippen molar-refractivity contribution in [1.29, 1.82) is 5.41 Å². The van der Waals surface area contributed by atoms with Crippen LogP contribution in [0.2, 0.25) is 0 Å². The predicted molar refractivity (Wildman–Crippen MR) is 182 cm³/mol. The zero-order valence-corrected chi connectivity index (χ0v) is 27.7. The van der Waals surface area contributed by atoms with E-state index in [9.17, 15) is 4.79 Å². The highest BCUT2D eigenvalue weighted by atomic mass is 32.1. The van der Waals surface area contributed by atoms with Crippen molar-refractivity contribution in [1.82, 2.24) is 4.90 Å². The number of nitrogen functional groups attached to an aromatic ring is 1. The molecule has 2 heterocycles. The lowest BCUT2D eigenvalue weighted by Crippen LogP contribution is -2.35. The Morgan fingerprint density at radius 1 is 0.952 bits per heavy atom. The molecule has 6 heteroatoms. The number of nitrogens with two attached hydrogens (primary N) is 1. The van der Waals surface area contributed by atoms with Gasteiger partial charge in [-0.2, -0.15) is 11.3 Å². The standard InChI is InChI=1S/C21H25N3O2.C11H16S.2C2H6/c1-14(25)16-5-8-20(22)19(13-16)21(23)15-3-6-17(7-4-15)26-18-9-11-24(2)12-10-18;1-9(10-4-2-3-5-10)11-6-7-12-8-11;2*1-2/h3-8,13,18,23H,9-12,22H2,1-2H3;6-10H,2-5H2,1H3;2*1-2H3. The number of piperidine rings is 1. The molecule has 0 spiro atoms. The zero-order chi connectivity index (χ0) is 31.1. The van der Waals surface area contributed by atoms with E-state index in [4.69, 9.17) is 15.9 Å². The van der Waals surface area contributed by atoms with E-state index < -0.39 is 0 Å². The van der Waals surface area contributed by atoms with Gasteiger partial charge in [0.2, 0.25) is 0 Å². The second kappa shape index (κ2) is 18.6. The topological polar surface area (TPSA) is 79.4 Å². The quantitative estimate of drug-likeness (QED) is 0.163. The lowest BCUT2D eigenvalue weighted by molar-refractivity contribution is 0.101. The van der Waals surface area contributed by atoms with Gasteiger partial charge in [0.25, 0.3) is 0 Å². The van der Waals surface area contributed by atoms with Gasteiger partial charge >= 0.3 is 0 Å². The van der Waals surface area contributed by atoms with E-state index in [1.807, 2.05) is 63.3 Å². The first-order valence-electron chi connectivity index (χ1n) is 15.8. The molecule has 1 atom stereocenters. The Labute approximate surface area is 259 Å². The number of nitrogens with zero attached hydrogens (tertiary/aromatic N) is 1. The fourth-order valence-electron chi connectivity index (χ4n) is 5.41. The number of hydrogen-bond donors (Lipinski definition) is 2. The monoisotopic (exact) mass is 591 g/mol. The molecular weight excluding hydrogens is 538 g/mol. The van der Waals surface area contributed by atoms with Crippen molar-refractivity contribution in [2.75, 3.05) is 25.9 Å². The third kappa shape index (κ3) is 10.4. The van der Waals surface area contributed by atoms with Crippen molar-refractivity contribution in [3.63, 3.8) is 0 Å². The molecule has 2 aromatic carbocycles. The van der Waals surface area contributed by atoms with Gasteiger partial charge in [-0.25, -0.2) is 0 Å². The Balaban J connectivity index is 0.000000320. The maximum atomic E-state index is 11.6. The molecule has 1 unspecified atom stereocenters. The molecule has 1 aliphatic heterocycles. The van der Waals surface area contributed by atoms with Crippen LogP contribution in [0.25, 0.3) is 0 Å². The number of benzene rings is 2. The zero-order valence-electron chi connectivity index (χ0n) is 26.9. The highest BCUT2D eigenvalue weighted by Crippen LogP contribution is 2.37. The van der Waals surface area contributed by atoms with Crippen molar-refractivity contribution in [2.24, 2.45) is 5.92 Å². The molecule has 0 radical (unpaired) electrons. The van der Waals surface area contributed by atoms with Gasteiger partial charge in [0.05, 0.1) is 5.71 Å². The van der Waals surface area contributed by atoms with E-state index in [0.717, 1.165) is 49.1 Å². The molecule has 0 amide bonds. The van der Waals surface area contributed by atoms with Crippen LogP contribution in [0.3, 0.4) is 0 Å². The first-order valence-corrected chi connectivity index (χ1v) is 16.7. The molecule has 5 rings (SSSR count). The molecule has 3 N–H and O–H groups in total. The first kappa shape index (κ1) is 35.2. The Morgan fingerprint density at radius 2 is 1.55 bits per heavy atom. The van der Waals surface area contributed by atoms with Crippen molar-refractivity contribution in [3.8, 4) is 5.75 Å². The Hall–Kier alpha value is -2.96. The summed E-state index contributed by atoms with van der Waals surface area (Å²) in [5.74, 6) is 2.56. The summed E-state index contributed by atoms with van der Waals surface area (Å²) in [6, 6.07) is 14.9. The molecule has 1 aromatic heterocycles. The number of thiophene rings is 1. The third-order valence-corrected chi connectivity index (χ3v) is 8.72. The fourth-order valence-corrected chi connectivity index (χ4v) is 6.17. The minimum atomic E-state index is -0.0408. The number of hydrogen-bond acceptors (Lipinski definition) is 6. The van der Waals surface area contributed by atoms with E-state index in [2.05, 4.69) is 35.7 Å². The number of likely N-dealkylation sites (tertiary alicyclic amines) is 1. The molecule has 1 aliphatic carbocycles. The van der Waals surface area contributed by atoms with Gasteiger partial charge < -0.3 is 15.4 Å². The number of rotatable bonds is 7. The SMILES string of the molecule is CC.CC.CC(=O)c1ccc(N)c(C(=N)c2ccc(OC3CCN(C)CC3)cc2)c1.CC(c1ccsc1)C1CCCC1. The van der Waals surface area contributed by atoms with Crippen molar-refractivity contribution >= 4 is 28.5 Å². The van der Waals surface area contributed by atoms with Gasteiger partial charge in [0, 0.05) is 35.5 Å². The lowest BCUT2D eigenvalue weighted by Gasteiger charge is -2.29. The summed E-state index contributed by atoms with van der Waals surface area (Å²) in [6.07, 6.45) is 8.14. The number of ketones is 1. The van der Waals surface area contributed by atoms with Crippen LogP contribution in [0.1, 0.15) is 113 Å². The summed E-state index contributed by atoms with van der Waals surface area (Å²) in [5.41, 5.74) is 10.2. The summed E-state index contributed by atoms with van der Waals surface area (Å²) < 4.78 is 6.05. The molecule has 2 aliphatic rings. The smallest absolute Gasteiger partial charge is 0.159 e. The maximum absolute atomic E-state index is 11.6. The fraction of sp³-hybridized carbons (Fsp3) is 0.500. The van der Waals surface area contributed by atoms with E-state index in [-0.39, 0.29) is 11.9 Å². The average molecular weight is 592 g/mol. The van der Waals surface area contributed by atoms with E-state index in [1.165, 1.54) is 32.6 Å². The maximum Gasteiger partial charge on any atom is 0.159 e. The van der Waals surface area contributed by atoms with E-state index in [1.54, 1.807) is 23.8 Å². The summed E-state index contributed by atoms with van der Waals surface area (Å²) >= 11 is 1.83. The average Bonchev–Trinajstić information content (AvgIpc) is 3.76. The summed E-state index contributed by atoms with van der Waals surface area (Å²) in [4.78, 5) is 13.9. The number of carbonyl (C=O) groups excluding carboxylic acids is 1. The second-order valence-corrected chi connectivity index (χ2v) is 11.5. The molecule has 2 fully saturated rings. The highest BCUT2D eigenvalue weighted by Gasteiger charge is 2.22. The molecule has 3 aromatic rings.